The van der Waals surface area contributed by atoms with E-state index in [9.17, 15) is 4.79 Å². The van der Waals surface area contributed by atoms with Crippen molar-refractivity contribution >= 4 is 29.0 Å². The smallest absolute Gasteiger partial charge is 0.251 e. The number of carbonyl (C=O) groups is 1. The van der Waals surface area contributed by atoms with Crippen molar-refractivity contribution < 1.29 is 4.79 Å². The maximum Gasteiger partial charge on any atom is 0.251 e. The molecule has 0 N–H and O–H groups in total. The number of carbonyl (C=O) groups excluding carboxylic acids is 1. The molecule has 3 nitrogen and oxygen atoms in total. The number of hydrogen-bond donors (Lipinski definition) is 0. The van der Waals surface area contributed by atoms with Gasteiger partial charge in [-0.1, -0.05) is 48.5 Å². The van der Waals surface area contributed by atoms with Crippen molar-refractivity contribution in [1.82, 2.24) is 4.98 Å². The van der Waals surface area contributed by atoms with Crippen molar-refractivity contribution in [2.75, 3.05) is 4.90 Å². The van der Waals surface area contributed by atoms with Crippen LogP contribution in [0.2, 0.25) is 0 Å². The first-order valence-corrected chi connectivity index (χ1v) is 8.61. The number of benzene rings is 2. The third-order valence-electron chi connectivity index (χ3n) is 3.55. The van der Waals surface area contributed by atoms with E-state index < -0.39 is 0 Å². The number of thiazole rings is 1. The van der Waals surface area contributed by atoms with Gasteiger partial charge in [0.2, 0.25) is 0 Å². The van der Waals surface area contributed by atoms with Gasteiger partial charge < -0.3 is 4.90 Å². The van der Waals surface area contributed by atoms with Crippen LogP contribution in [0.3, 0.4) is 0 Å². The quantitative estimate of drug-likeness (QED) is 0.634. The summed E-state index contributed by atoms with van der Waals surface area (Å²) in [6, 6.07) is 19.7. The fraction of sp³-hybridized carbons (Fsp3) is 0.100. The largest absolute Gasteiger partial charge is 0.304 e. The molecule has 0 spiro atoms. The van der Waals surface area contributed by atoms with E-state index in [0.717, 1.165) is 22.0 Å². The molecule has 24 heavy (non-hydrogen) atoms. The second-order valence-corrected chi connectivity index (χ2v) is 6.43. The second kappa shape index (κ2) is 7.70. The van der Waals surface area contributed by atoms with E-state index >= 15 is 0 Å². The number of anilines is 1. The van der Waals surface area contributed by atoms with Gasteiger partial charge >= 0.3 is 0 Å². The highest BCUT2D eigenvalue weighted by molar-refractivity contribution is 7.09. The van der Waals surface area contributed by atoms with Gasteiger partial charge in [0.25, 0.3) is 5.91 Å². The summed E-state index contributed by atoms with van der Waals surface area (Å²) in [7, 11) is 0. The molecule has 1 heterocycles. The third-order valence-corrected chi connectivity index (χ3v) is 4.34. The van der Waals surface area contributed by atoms with E-state index in [1.54, 1.807) is 28.4 Å². The van der Waals surface area contributed by atoms with Crippen molar-refractivity contribution in [3.63, 3.8) is 0 Å². The summed E-state index contributed by atoms with van der Waals surface area (Å²) in [5.74, 6) is -0.0595. The predicted molar refractivity (Wildman–Crippen MR) is 100.0 cm³/mol. The van der Waals surface area contributed by atoms with E-state index in [0.29, 0.717) is 6.54 Å². The minimum absolute atomic E-state index is 0.0595. The number of aryl methyl sites for hydroxylation is 1. The Labute approximate surface area is 145 Å². The summed E-state index contributed by atoms with van der Waals surface area (Å²) in [6.07, 6.45) is 3.36. The Morgan fingerprint density at radius 3 is 2.38 bits per heavy atom. The summed E-state index contributed by atoms with van der Waals surface area (Å²) in [4.78, 5) is 18.9. The fourth-order valence-electron chi connectivity index (χ4n) is 2.37. The van der Waals surface area contributed by atoms with Crippen molar-refractivity contribution in [1.29, 1.82) is 0 Å². The van der Waals surface area contributed by atoms with Crippen LogP contribution in [-0.4, -0.2) is 10.9 Å². The lowest BCUT2D eigenvalue weighted by atomic mass is 10.2. The molecule has 120 valence electrons. The molecule has 0 saturated carbocycles. The van der Waals surface area contributed by atoms with Crippen LogP contribution in [0.25, 0.3) is 6.08 Å². The zero-order chi connectivity index (χ0) is 16.8. The van der Waals surface area contributed by atoms with Gasteiger partial charge in [0.15, 0.2) is 0 Å². The monoisotopic (exact) mass is 334 g/mol. The van der Waals surface area contributed by atoms with Crippen LogP contribution in [0.15, 0.2) is 72.1 Å². The lowest BCUT2D eigenvalue weighted by molar-refractivity contribution is -0.114. The molecule has 0 radical (unpaired) electrons. The Morgan fingerprint density at radius 2 is 1.75 bits per heavy atom. The number of nitrogens with zero attached hydrogens (tertiary/aromatic N) is 2. The molecule has 3 aromatic rings. The van der Waals surface area contributed by atoms with E-state index in [1.165, 1.54) is 0 Å². The van der Waals surface area contributed by atoms with Crippen LogP contribution >= 0.6 is 11.3 Å². The third kappa shape index (κ3) is 4.18. The molecule has 1 amide bonds. The van der Waals surface area contributed by atoms with E-state index in [1.807, 2.05) is 73.0 Å². The molecular formula is C20H18N2OS. The summed E-state index contributed by atoms with van der Waals surface area (Å²) in [5, 5.41) is 2.94. The Morgan fingerprint density at radius 1 is 1.08 bits per heavy atom. The minimum Gasteiger partial charge on any atom is -0.304 e. The SMILES string of the molecule is Cc1nc(/C=C/C(=O)N(Cc2ccccc2)c2ccccc2)cs1. The van der Waals surface area contributed by atoms with Gasteiger partial charge in [-0.25, -0.2) is 4.98 Å². The Bertz CT molecular complexity index is 825. The standard InChI is InChI=1S/C20H18N2OS/c1-16-21-18(15-24-16)12-13-20(23)22(19-10-6-3-7-11-19)14-17-8-4-2-5-9-17/h2-13,15H,14H2,1H3/b13-12+. The molecule has 0 aliphatic rings. The van der Waals surface area contributed by atoms with Gasteiger partial charge in [-0.05, 0) is 30.7 Å². The molecule has 0 unspecified atom stereocenters. The lowest BCUT2D eigenvalue weighted by Gasteiger charge is -2.21. The molecule has 3 rings (SSSR count). The number of para-hydroxylation sites is 1. The maximum absolute atomic E-state index is 12.7. The normalized spacial score (nSPS) is 10.9. The maximum atomic E-state index is 12.7. The molecule has 0 aliphatic heterocycles. The molecular weight excluding hydrogens is 316 g/mol. The first-order chi connectivity index (χ1) is 11.7. The van der Waals surface area contributed by atoms with Gasteiger partial charge in [-0.15, -0.1) is 11.3 Å². The summed E-state index contributed by atoms with van der Waals surface area (Å²) < 4.78 is 0. The Hall–Kier alpha value is -2.72. The van der Waals surface area contributed by atoms with Crippen LogP contribution in [0.1, 0.15) is 16.3 Å². The molecule has 0 saturated heterocycles. The first kappa shape index (κ1) is 16.1. The van der Waals surface area contributed by atoms with Gasteiger partial charge in [0, 0.05) is 17.1 Å². The zero-order valence-corrected chi connectivity index (χ0v) is 14.2. The second-order valence-electron chi connectivity index (χ2n) is 5.37. The Balaban J connectivity index is 1.83. The van der Waals surface area contributed by atoms with Gasteiger partial charge in [0.05, 0.1) is 17.2 Å². The van der Waals surface area contributed by atoms with Crippen LogP contribution < -0.4 is 4.90 Å². The summed E-state index contributed by atoms with van der Waals surface area (Å²) in [5.41, 5.74) is 2.79. The molecule has 4 heteroatoms. The molecule has 0 atom stereocenters. The summed E-state index contributed by atoms with van der Waals surface area (Å²) in [6.45, 7) is 2.49. The van der Waals surface area contributed by atoms with Crippen LogP contribution in [0.4, 0.5) is 5.69 Å². The van der Waals surface area contributed by atoms with Crippen molar-refractivity contribution in [3.8, 4) is 0 Å². The van der Waals surface area contributed by atoms with E-state index in [4.69, 9.17) is 0 Å². The molecule has 0 bridgehead atoms. The molecule has 2 aromatic carbocycles. The highest BCUT2D eigenvalue weighted by atomic mass is 32.1. The van der Waals surface area contributed by atoms with Crippen molar-refractivity contribution in [2.45, 2.75) is 13.5 Å². The van der Waals surface area contributed by atoms with Crippen LogP contribution in [0, 0.1) is 6.92 Å². The highest BCUT2D eigenvalue weighted by Gasteiger charge is 2.13. The van der Waals surface area contributed by atoms with Crippen molar-refractivity contribution in [3.05, 3.63) is 88.4 Å². The number of amides is 1. The zero-order valence-electron chi connectivity index (χ0n) is 13.4. The van der Waals surface area contributed by atoms with Crippen molar-refractivity contribution in [2.24, 2.45) is 0 Å². The topological polar surface area (TPSA) is 33.2 Å². The number of rotatable bonds is 5. The van der Waals surface area contributed by atoms with Gasteiger partial charge in [-0.3, -0.25) is 4.79 Å². The summed E-state index contributed by atoms with van der Waals surface area (Å²) >= 11 is 1.58. The molecule has 0 aliphatic carbocycles. The highest BCUT2D eigenvalue weighted by Crippen LogP contribution is 2.18. The van der Waals surface area contributed by atoms with Gasteiger partial charge in [-0.2, -0.15) is 0 Å². The number of hydrogen-bond acceptors (Lipinski definition) is 3. The minimum atomic E-state index is -0.0595. The van der Waals surface area contributed by atoms with Gasteiger partial charge in [0.1, 0.15) is 0 Å². The predicted octanol–water partition coefficient (Wildman–Crippen LogP) is 4.70. The number of aromatic nitrogens is 1. The lowest BCUT2D eigenvalue weighted by Crippen LogP contribution is -2.28. The molecule has 0 fully saturated rings. The molecule has 1 aromatic heterocycles. The first-order valence-electron chi connectivity index (χ1n) is 7.73. The van der Waals surface area contributed by atoms with Crippen LogP contribution in [-0.2, 0) is 11.3 Å². The average molecular weight is 334 g/mol. The average Bonchev–Trinajstić information content (AvgIpc) is 3.04. The van der Waals surface area contributed by atoms with E-state index in [-0.39, 0.29) is 5.91 Å². The fourth-order valence-corrected chi connectivity index (χ4v) is 2.95. The van der Waals surface area contributed by atoms with Crippen LogP contribution in [0.5, 0.6) is 0 Å². The van der Waals surface area contributed by atoms with E-state index in [2.05, 4.69) is 4.98 Å². The Kier molecular flexibility index (Phi) is 5.18.